The molecule has 0 amide bonds. The number of halogens is 1. The van der Waals surface area contributed by atoms with E-state index >= 15 is 0 Å². The summed E-state index contributed by atoms with van der Waals surface area (Å²) in [6, 6.07) is 0.606. The predicted octanol–water partition coefficient (Wildman–Crippen LogP) is 0.224. The van der Waals surface area contributed by atoms with Crippen LogP contribution in [0.2, 0.25) is 0 Å². The Morgan fingerprint density at radius 2 is 1.85 bits per heavy atom. The van der Waals surface area contributed by atoms with Gasteiger partial charge in [-0.05, 0) is 19.3 Å². The van der Waals surface area contributed by atoms with Crippen molar-refractivity contribution in [3.63, 3.8) is 0 Å². The van der Waals surface area contributed by atoms with Gasteiger partial charge in [0.25, 0.3) is 0 Å². The van der Waals surface area contributed by atoms with Crippen molar-refractivity contribution in [3.05, 3.63) is 0 Å². The van der Waals surface area contributed by atoms with Crippen molar-refractivity contribution in [1.29, 1.82) is 0 Å². The second-order valence-electron chi connectivity index (χ2n) is 8.20. The number of nitrogens with zero attached hydrogens (tertiary/aromatic N) is 5. The fraction of sp³-hybridized carbons (Fsp3) is 0.947. The number of hydrogen-bond donors (Lipinski definition) is 1. The summed E-state index contributed by atoms with van der Waals surface area (Å²) in [5.41, 5.74) is 0. The zero-order valence-corrected chi connectivity index (χ0v) is 19.1. The van der Waals surface area contributed by atoms with E-state index < -0.39 is 0 Å². The highest BCUT2D eigenvalue weighted by Gasteiger charge is 2.32. The summed E-state index contributed by atoms with van der Waals surface area (Å²) in [6.07, 6.45) is 1.24. The van der Waals surface area contributed by atoms with Crippen molar-refractivity contribution in [3.8, 4) is 0 Å². The molecule has 0 saturated carbocycles. The first kappa shape index (κ1) is 21.5. The number of guanidine groups is 1. The van der Waals surface area contributed by atoms with Gasteiger partial charge in [-0.25, -0.2) is 0 Å². The molecule has 0 spiro atoms. The Kier molecular flexibility index (Phi) is 8.43. The Balaban J connectivity index is 0.00000210. The first-order valence-electron chi connectivity index (χ1n) is 10.6. The molecule has 27 heavy (non-hydrogen) atoms. The topological polar surface area (TPSA) is 46.6 Å². The average molecular weight is 492 g/mol. The Labute approximate surface area is 181 Å². The van der Waals surface area contributed by atoms with E-state index in [1.165, 1.54) is 45.7 Å². The van der Waals surface area contributed by atoms with Crippen LogP contribution in [0.3, 0.4) is 0 Å². The predicted molar refractivity (Wildman–Crippen MR) is 120 cm³/mol. The standard InChI is InChI=1S/C19H36N6O.HI/c1-2-20-19(21-13-18-15-23-4-8-24(18)9-5-23)25-10-6-22(7-11-25)14-17-3-12-26-16-17;/h17-18H,2-16H2,1H3,(H,20,21);1H. The van der Waals surface area contributed by atoms with Crippen molar-refractivity contribution in [2.45, 2.75) is 19.4 Å². The lowest BCUT2D eigenvalue weighted by Crippen LogP contribution is -2.62. The summed E-state index contributed by atoms with van der Waals surface area (Å²) < 4.78 is 5.53. The molecule has 0 aromatic rings. The van der Waals surface area contributed by atoms with Crippen LogP contribution in [0, 0.1) is 5.92 Å². The van der Waals surface area contributed by atoms with Crippen LogP contribution in [0.15, 0.2) is 4.99 Å². The van der Waals surface area contributed by atoms with Crippen LogP contribution in [0.5, 0.6) is 0 Å². The lowest BCUT2D eigenvalue weighted by molar-refractivity contribution is 0.0173. The second-order valence-corrected chi connectivity index (χ2v) is 8.20. The lowest BCUT2D eigenvalue weighted by Gasteiger charge is -2.47. The molecule has 5 heterocycles. The molecule has 1 N–H and O–H groups in total. The maximum atomic E-state index is 5.53. The highest BCUT2D eigenvalue weighted by atomic mass is 127. The quantitative estimate of drug-likeness (QED) is 0.337. The van der Waals surface area contributed by atoms with Gasteiger partial charge in [0.05, 0.1) is 13.2 Å². The summed E-state index contributed by atoms with van der Waals surface area (Å²) in [6.45, 7) is 17.7. The molecule has 2 atom stereocenters. The molecule has 5 saturated heterocycles. The van der Waals surface area contributed by atoms with Crippen LogP contribution in [-0.2, 0) is 4.74 Å². The molecular formula is C19H37IN6O. The van der Waals surface area contributed by atoms with Gasteiger partial charge >= 0.3 is 0 Å². The maximum absolute atomic E-state index is 5.53. The van der Waals surface area contributed by atoms with Gasteiger partial charge < -0.3 is 15.0 Å². The van der Waals surface area contributed by atoms with E-state index in [0.717, 1.165) is 64.4 Å². The Morgan fingerprint density at radius 1 is 1.07 bits per heavy atom. The Hall–Kier alpha value is -0.160. The van der Waals surface area contributed by atoms with Gasteiger partial charge in [0.15, 0.2) is 5.96 Å². The third-order valence-corrected chi connectivity index (χ3v) is 6.39. The first-order chi connectivity index (χ1) is 12.8. The van der Waals surface area contributed by atoms with Gasteiger partial charge in [-0.2, -0.15) is 0 Å². The summed E-state index contributed by atoms with van der Waals surface area (Å²) in [5.74, 6) is 1.86. The van der Waals surface area contributed by atoms with Crippen LogP contribution < -0.4 is 5.32 Å². The average Bonchev–Trinajstić information content (AvgIpc) is 3.20. The zero-order chi connectivity index (χ0) is 17.8. The largest absolute Gasteiger partial charge is 0.381 e. The van der Waals surface area contributed by atoms with Crippen molar-refractivity contribution >= 4 is 29.9 Å². The molecule has 5 aliphatic heterocycles. The number of piperazine rings is 4. The molecule has 2 bridgehead atoms. The molecule has 2 unspecified atom stereocenters. The number of nitrogens with one attached hydrogen (secondary N) is 1. The minimum absolute atomic E-state index is 0. The fourth-order valence-corrected chi connectivity index (χ4v) is 4.75. The second kappa shape index (κ2) is 10.6. The van der Waals surface area contributed by atoms with Crippen LogP contribution in [0.1, 0.15) is 13.3 Å². The van der Waals surface area contributed by atoms with Crippen molar-refractivity contribution in [2.75, 3.05) is 91.8 Å². The number of ether oxygens (including phenoxy) is 1. The molecule has 0 aliphatic carbocycles. The van der Waals surface area contributed by atoms with E-state index in [1.807, 2.05) is 0 Å². The molecule has 156 valence electrons. The number of aliphatic imine (C=N–C) groups is 1. The van der Waals surface area contributed by atoms with Crippen LogP contribution in [-0.4, -0.2) is 123 Å². The Morgan fingerprint density at radius 3 is 2.44 bits per heavy atom. The SMILES string of the molecule is CCNC(=NCC1CN2CCN1CC2)N1CCN(CC2CCOC2)CC1.I. The van der Waals surface area contributed by atoms with Gasteiger partial charge in [-0.1, -0.05) is 0 Å². The maximum Gasteiger partial charge on any atom is 0.194 e. The van der Waals surface area contributed by atoms with E-state index in [0.29, 0.717) is 6.04 Å². The summed E-state index contributed by atoms with van der Waals surface area (Å²) in [4.78, 5) is 15.3. The summed E-state index contributed by atoms with van der Waals surface area (Å²) in [7, 11) is 0. The molecular weight excluding hydrogens is 455 g/mol. The first-order valence-corrected chi connectivity index (χ1v) is 10.6. The molecule has 5 fully saturated rings. The van der Waals surface area contributed by atoms with E-state index in [2.05, 4.69) is 31.8 Å². The zero-order valence-electron chi connectivity index (χ0n) is 16.8. The molecule has 5 aliphatic rings. The summed E-state index contributed by atoms with van der Waals surface area (Å²) in [5, 5.41) is 3.53. The third-order valence-electron chi connectivity index (χ3n) is 6.39. The van der Waals surface area contributed by atoms with Gasteiger partial charge in [0.2, 0.25) is 0 Å². The molecule has 8 heteroatoms. The highest BCUT2D eigenvalue weighted by molar-refractivity contribution is 14.0. The van der Waals surface area contributed by atoms with Gasteiger partial charge in [-0.15, -0.1) is 24.0 Å². The third kappa shape index (κ3) is 5.68. The van der Waals surface area contributed by atoms with E-state index in [-0.39, 0.29) is 24.0 Å². The molecule has 0 aromatic carbocycles. The van der Waals surface area contributed by atoms with E-state index in [4.69, 9.17) is 9.73 Å². The Bertz CT molecular complexity index is 471. The van der Waals surface area contributed by atoms with E-state index in [9.17, 15) is 0 Å². The molecule has 5 rings (SSSR count). The molecule has 0 radical (unpaired) electrons. The highest BCUT2D eigenvalue weighted by Crippen LogP contribution is 2.17. The minimum atomic E-state index is 0. The van der Waals surface area contributed by atoms with Gasteiger partial charge in [0, 0.05) is 84.6 Å². The number of fused-ring (bicyclic) bond motifs is 3. The van der Waals surface area contributed by atoms with Gasteiger partial charge in [0.1, 0.15) is 0 Å². The smallest absolute Gasteiger partial charge is 0.194 e. The molecule has 7 nitrogen and oxygen atoms in total. The number of hydrogen-bond acceptors (Lipinski definition) is 5. The lowest BCUT2D eigenvalue weighted by atomic mass is 10.1. The van der Waals surface area contributed by atoms with Crippen LogP contribution >= 0.6 is 24.0 Å². The monoisotopic (exact) mass is 492 g/mol. The normalized spacial score (nSPS) is 34.6. The van der Waals surface area contributed by atoms with Crippen LogP contribution in [0.4, 0.5) is 0 Å². The summed E-state index contributed by atoms with van der Waals surface area (Å²) >= 11 is 0. The van der Waals surface area contributed by atoms with Gasteiger partial charge in [-0.3, -0.25) is 19.7 Å². The fourth-order valence-electron chi connectivity index (χ4n) is 4.75. The van der Waals surface area contributed by atoms with Crippen molar-refractivity contribution in [1.82, 2.24) is 24.9 Å². The minimum Gasteiger partial charge on any atom is -0.381 e. The van der Waals surface area contributed by atoms with Crippen molar-refractivity contribution in [2.24, 2.45) is 10.9 Å². The molecule has 0 aromatic heterocycles. The van der Waals surface area contributed by atoms with Crippen LogP contribution in [0.25, 0.3) is 0 Å². The van der Waals surface area contributed by atoms with E-state index in [1.54, 1.807) is 0 Å². The van der Waals surface area contributed by atoms with Crippen molar-refractivity contribution < 1.29 is 4.74 Å². The number of rotatable bonds is 5.